The predicted molar refractivity (Wildman–Crippen MR) is 98.0 cm³/mol. The van der Waals surface area contributed by atoms with E-state index in [1.165, 1.54) is 12.1 Å². The van der Waals surface area contributed by atoms with Crippen molar-refractivity contribution in [3.05, 3.63) is 70.5 Å². The molecule has 2 aromatic carbocycles. The first-order chi connectivity index (χ1) is 12.1. The minimum Gasteiger partial charge on any atom is -0.353 e. The lowest BCUT2D eigenvalue weighted by molar-refractivity contribution is -0.121. The quantitative estimate of drug-likeness (QED) is 0.879. The molecule has 0 unspecified atom stereocenters. The zero-order chi connectivity index (χ0) is 17.6. The van der Waals surface area contributed by atoms with Crippen LogP contribution in [0.25, 0.3) is 0 Å². The number of carbonyl (C=O) groups is 1. The molecule has 1 aliphatic rings. The van der Waals surface area contributed by atoms with Crippen LogP contribution in [0.15, 0.2) is 48.5 Å². The lowest BCUT2D eigenvalue weighted by Crippen LogP contribution is -2.44. The third-order valence-electron chi connectivity index (χ3n) is 4.53. The minimum absolute atomic E-state index is 0.0410. The van der Waals surface area contributed by atoms with Gasteiger partial charge in [-0.25, -0.2) is 4.39 Å². The third kappa shape index (κ3) is 5.55. The third-order valence-corrected chi connectivity index (χ3v) is 4.76. The van der Waals surface area contributed by atoms with Gasteiger partial charge in [0.15, 0.2) is 0 Å². The van der Waals surface area contributed by atoms with E-state index in [1.54, 1.807) is 6.07 Å². The van der Waals surface area contributed by atoms with Gasteiger partial charge in [0.05, 0.1) is 6.42 Å². The van der Waals surface area contributed by atoms with Crippen LogP contribution in [-0.4, -0.2) is 29.9 Å². The van der Waals surface area contributed by atoms with Crippen LogP contribution in [0.1, 0.15) is 24.0 Å². The van der Waals surface area contributed by atoms with Crippen molar-refractivity contribution in [2.24, 2.45) is 0 Å². The highest BCUT2D eigenvalue weighted by Gasteiger charge is 2.20. The van der Waals surface area contributed by atoms with Gasteiger partial charge in [-0.1, -0.05) is 35.9 Å². The van der Waals surface area contributed by atoms with E-state index in [0.29, 0.717) is 11.4 Å². The van der Waals surface area contributed by atoms with Crippen molar-refractivity contribution in [1.82, 2.24) is 10.2 Å². The molecule has 1 aliphatic heterocycles. The van der Waals surface area contributed by atoms with Crippen LogP contribution >= 0.6 is 11.6 Å². The fourth-order valence-electron chi connectivity index (χ4n) is 3.19. The number of halogens is 2. The monoisotopic (exact) mass is 360 g/mol. The van der Waals surface area contributed by atoms with Crippen LogP contribution in [-0.2, 0) is 17.8 Å². The van der Waals surface area contributed by atoms with Gasteiger partial charge < -0.3 is 5.32 Å². The van der Waals surface area contributed by atoms with Crippen LogP contribution in [0.5, 0.6) is 0 Å². The summed E-state index contributed by atoms with van der Waals surface area (Å²) in [6.45, 7) is 2.68. The first-order valence-corrected chi connectivity index (χ1v) is 8.97. The SMILES string of the molecule is O=C(Cc1cccc(Cl)c1)NC1CCN(Cc2ccc(F)cc2)CC1. The van der Waals surface area contributed by atoms with Crippen molar-refractivity contribution in [1.29, 1.82) is 0 Å². The van der Waals surface area contributed by atoms with Gasteiger partial charge in [0.25, 0.3) is 0 Å². The second-order valence-corrected chi connectivity index (χ2v) is 6.99. The Kier molecular flexibility index (Phi) is 6.05. The summed E-state index contributed by atoms with van der Waals surface area (Å²) in [6.07, 6.45) is 2.22. The average molecular weight is 361 g/mol. The van der Waals surface area contributed by atoms with Crippen LogP contribution in [0, 0.1) is 5.82 Å². The molecule has 132 valence electrons. The van der Waals surface area contributed by atoms with E-state index < -0.39 is 0 Å². The normalized spacial score (nSPS) is 15.9. The number of likely N-dealkylation sites (tertiary alicyclic amines) is 1. The zero-order valence-corrected chi connectivity index (χ0v) is 14.8. The van der Waals surface area contributed by atoms with Crippen molar-refractivity contribution >= 4 is 17.5 Å². The number of nitrogens with one attached hydrogen (secondary N) is 1. The van der Waals surface area contributed by atoms with Gasteiger partial charge in [-0.2, -0.15) is 0 Å². The standard InChI is InChI=1S/C20H22ClFN2O/c21-17-3-1-2-16(12-17)13-20(25)23-19-8-10-24(11-9-19)14-15-4-6-18(22)7-5-15/h1-7,12,19H,8-11,13-14H2,(H,23,25). The Morgan fingerprint density at radius 3 is 2.52 bits per heavy atom. The highest BCUT2D eigenvalue weighted by molar-refractivity contribution is 6.30. The summed E-state index contributed by atoms with van der Waals surface area (Å²) in [5.41, 5.74) is 2.04. The topological polar surface area (TPSA) is 32.3 Å². The van der Waals surface area contributed by atoms with E-state index in [9.17, 15) is 9.18 Å². The molecule has 5 heteroatoms. The average Bonchev–Trinajstić information content (AvgIpc) is 2.59. The number of carbonyl (C=O) groups excluding carboxylic acids is 1. The molecule has 0 spiro atoms. The molecule has 0 bridgehead atoms. The van der Waals surface area contributed by atoms with Crippen molar-refractivity contribution in [3.63, 3.8) is 0 Å². The largest absolute Gasteiger partial charge is 0.353 e. The maximum atomic E-state index is 13.0. The van der Waals surface area contributed by atoms with Gasteiger partial charge in [-0.3, -0.25) is 9.69 Å². The van der Waals surface area contributed by atoms with Gasteiger partial charge >= 0.3 is 0 Å². The maximum absolute atomic E-state index is 13.0. The summed E-state index contributed by atoms with van der Waals surface area (Å²) in [7, 11) is 0. The molecule has 1 saturated heterocycles. The summed E-state index contributed by atoms with van der Waals surface area (Å²) in [6, 6.07) is 14.3. The Hall–Kier alpha value is -1.91. The van der Waals surface area contributed by atoms with E-state index >= 15 is 0 Å². The minimum atomic E-state index is -0.204. The first-order valence-electron chi connectivity index (χ1n) is 8.59. The molecule has 1 N–H and O–H groups in total. The Bertz CT molecular complexity index is 712. The molecular weight excluding hydrogens is 339 g/mol. The molecule has 0 aliphatic carbocycles. The van der Waals surface area contributed by atoms with Crippen molar-refractivity contribution in [2.45, 2.75) is 31.8 Å². The van der Waals surface area contributed by atoms with Gasteiger partial charge in [0.1, 0.15) is 5.82 Å². The molecule has 3 nitrogen and oxygen atoms in total. The number of amides is 1. The van der Waals surface area contributed by atoms with Crippen LogP contribution < -0.4 is 5.32 Å². The highest BCUT2D eigenvalue weighted by Crippen LogP contribution is 2.15. The maximum Gasteiger partial charge on any atom is 0.224 e. The Morgan fingerprint density at radius 1 is 1.12 bits per heavy atom. The summed E-state index contributed by atoms with van der Waals surface area (Å²) in [4.78, 5) is 14.5. The first kappa shape index (κ1) is 17.9. The van der Waals surface area contributed by atoms with E-state index in [0.717, 1.165) is 43.6 Å². The molecule has 3 rings (SSSR count). The molecule has 25 heavy (non-hydrogen) atoms. The smallest absolute Gasteiger partial charge is 0.224 e. The molecule has 1 heterocycles. The number of piperidine rings is 1. The summed E-state index contributed by atoms with van der Waals surface area (Å²) in [5, 5.41) is 3.77. The van der Waals surface area contributed by atoms with Gasteiger partial charge in [0, 0.05) is 30.7 Å². The van der Waals surface area contributed by atoms with Crippen molar-refractivity contribution in [3.8, 4) is 0 Å². The molecule has 1 fully saturated rings. The Balaban J connectivity index is 1.42. The van der Waals surface area contributed by atoms with Crippen LogP contribution in [0.3, 0.4) is 0 Å². The molecule has 0 atom stereocenters. The van der Waals surface area contributed by atoms with Crippen LogP contribution in [0.2, 0.25) is 5.02 Å². The van der Waals surface area contributed by atoms with Gasteiger partial charge in [-0.05, 0) is 48.2 Å². The number of benzene rings is 2. The molecule has 1 amide bonds. The summed E-state index contributed by atoms with van der Waals surface area (Å²) >= 11 is 5.95. The molecule has 2 aromatic rings. The van der Waals surface area contributed by atoms with Crippen LogP contribution in [0.4, 0.5) is 4.39 Å². The summed E-state index contributed by atoms with van der Waals surface area (Å²) in [5.74, 6) is -0.163. The number of hydrogen-bond acceptors (Lipinski definition) is 2. The number of nitrogens with zero attached hydrogens (tertiary/aromatic N) is 1. The van der Waals surface area contributed by atoms with E-state index in [-0.39, 0.29) is 17.8 Å². The van der Waals surface area contributed by atoms with Crippen molar-refractivity contribution < 1.29 is 9.18 Å². The lowest BCUT2D eigenvalue weighted by Gasteiger charge is -2.32. The van der Waals surface area contributed by atoms with E-state index in [4.69, 9.17) is 11.6 Å². The zero-order valence-electron chi connectivity index (χ0n) is 14.1. The van der Waals surface area contributed by atoms with Crippen molar-refractivity contribution in [2.75, 3.05) is 13.1 Å². The lowest BCUT2D eigenvalue weighted by atomic mass is 10.0. The fraction of sp³-hybridized carbons (Fsp3) is 0.350. The Labute approximate surface area is 152 Å². The number of hydrogen-bond donors (Lipinski definition) is 1. The molecule has 0 saturated carbocycles. The summed E-state index contributed by atoms with van der Waals surface area (Å²) < 4.78 is 13.0. The second kappa shape index (κ2) is 8.45. The van der Waals surface area contributed by atoms with Gasteiger partial charge in [0.2, 0.25) is 5.91 Å². The fourth-order valence-corrected chi connectivity index (χ4v) is 3.41. The Morgan fingerprint density at radius 2 is 1.84 bits per heavy atom. The second-order valence-electron chi connectivity index (χ2n) is 6.55. The van der Waals surface area contributed by atoms with E-state index in [2.05, 4.69) is 10.2 Å². The molecular formula is C20H22ClFN2O. The highest BCUT2D eigenvalue weighted by atomic mass is 35.5. The molecule has 0 aromatic heterocycles. The van der Waals surface area contributed by atoms with Gasteiger partial charge in [-0.15, -0.1) is 0 Å². The number of rotatable bonds is 5. The molecule has 0 radical (unpaired) electrons. The predicted octanol–water partition coefficient (Wildman–Crippen LogP) is 3.80. The van der Waals surface area contributed by atoms with E-state index in [1.807, 2.05) is 30.3 Å².